The second-order valence-electron chi connectivity index (χ2n) is 8.03. The molecule has 0 aliphatic carbocycles. The quantitative estimate of drug-likeness (QED) is 0.778. The molecule has 2 aromatic carbocycles. The van der Waals surface area contributed by atoms with Crippen LogP contribution in [0.1, 0.15) is 42.0 Å². The number of hydrogen-bond donors (Lipinski definition) is 1. The number of nitrogens with zero attached hydrogens (tertiary/aromatic N) is 2. The maximum Gasteiger partial charge on any atom is 0.139 e. The van der Waals surface area contributed by atoms with Crippen molar-refractivity contribution in [2.75, 3.05) is 31.6 Å². The number of hydrogen-bond acceptors (Lipinski definition) is 4. The lowest BCUT2D eigenvalue weighted by Gasteiger charge is -2.49. The summed E-state index contributed by atoms with van der Waals surface area (Å²) in [5, 5.41) is 10.7. The van der Waals surface area contributed by atoms with Gasteiger partial charge in [-0.15, -0.1) is 0 Å². The van der Waals surface area contributed by atoms with Crippen LogP contribution in [0.15, 0.2) is 30.3 Å². The molecule has 2 saturated heterocycles. The lowest BCUT2D eigenvalue weighted by molar-refractivity contribution is 0.0712. The molecule has 4 nitrogen and oxygen atoms in total. The molecule has 2 aromatic rings. The molecule has 1 N–H and O–H groups in total. The summed E-state index contributed by atoms with van der Waals surface area (Å²) in [4.78, 5) is 5.14. The predicted molar refractivity (Wildman–Crippen MR) is 115 cm³/mol. The number of aromatic hydroxyl groups is 1. The minimum Gasteiger partial charge on any atom is -0.508 e. The number of rotatable bonds is 3. The summed E-state index contributed by atoms with van der Waals surface area (Å²) < 4.78 is 5.40. The minimum absolute atomic E-state index is 0.398. The summed E-state index contributed by atoms with van der Waals surface area (Å²) in [6, 6.07) is 11.0. The Morgan fingerprint density at radius 3 is 2.68 bits per heavy atom. The number of halogens is 1. The summed E-state index contributed by atoms with van der Waals surface area (Å²) in [7, 11) is 1.66. The molecule has 2 aliphatic rings. The van der Waals surface area contributed by atoms with Crippen molar-refractivity contribution in [2.45, 2.75) is 45.2 Å². The highest BCUT2D eigenvalue weighted by Gasteiger charge is 2.36. The molecule has 0 saturated carbocycles. The van der Waals surface area contributed by atoms with Crippen molar-refractivity contribution in [3.63, 3.8) is 0 Å². The van der Waals surface area contributed by atoms with E-state index in [9.17, 15) is 5.11 Å². The SMILES string of the molecule is COc1cc(N2CCN3C(CCCC3c3ccc(O)c(C)c3C)C2)ccc1Cl. The average molecular weight is 401 g/mol. The van der Waals surface area contributed by atoms with E-state index in [2.05, 4.69) is 28.9 Å². The first-order valence-corrected chi connectivity index (χ1v) is 10.5. The number of methoxy groups -OCH3 is 1. The Balaban J connectivity index is 1.56. The largest absolute Gasteiger partial charge is 0.508 e. The summed E-state index contributed by atoms with van der Waals surface area (Å²) in [6.45, 7) is 7.22. The van der Waals surface area contributed by atoms with Crippen molar-refractivity contribution in [1.29, 1.82) is 0 Å². The smallest absolute Gasteiger partial charge is 0.139 e. The third kappa shape index (κ3) is 3.44. The number of benzene rings is 2. The van der Waals surface area contributed by atoms with Gasteiger partial charge in [-0.2, -0.15) is 0 Å². The topological polar surface area (TPSA) is 35.9 Å². The summed E-state index contributed by atoms with van der Waals surface area (Å²) in [5.41, 5.74) is 4.79. The molecule has 2 fully saturated rings. The highest BCUT2D eigenvalue weighted by molar-refractivity contribution is 6.32. The molecule has 0 amide bonds. The second-order valence-corrected chi connectivity index (χ2v) is 8.43. The van der Waals surface area contributed by atoms with Crippen LogP contribution in [0.2, 0.25) is 5.02 Å². The predicted octanol–water partition coefficient (Wildman–Crippen LogP) is 5.09. The molecule has 0 aromatic heterocycles. The van der Waals surface area contributed by atoms with Gasteiger partial charge in [-0.1, -0.05) is 17.7 Å². The first kappa shape index (κ1) is 19.4. The highest BCUT2D eigenvalue weighted by atomic mass is 35.5. The number of phenolic OH excluding ortho intramolecular Hbond substituents is 1. The molecule has 2 atom stereocenters. The number of ether oxygens (including phenoxy) is 1. The van der Waals surface area contributed by atoms with Crippen LogP contribution in [0, 0.1) is 13.8 Å². The normalized spacial score (nSPS) is 22.8. The van der Waals surface area contributed by atoms with Crippen molar-refractivity contribution in [3.05, 3.63) is 52.0 Å². The van der Waals surface area contributed by atoms with E-state index in [0.29, 0.717) is 22.9 Å². The van der Waals surface area contributed by atoms with Gasteiger partial charge in [0, 0.05) is 43.5 Å². The number of fused-ring (bicyclic) bond motifs is 1. The maximum atomic E-state index is 10.0. The van der Waals surface area contributed by atoms with E-state index in [-0.39, 0.29) is 0 Å². The molecule has 2 unspecified atom stereocenters. The van der Waals surface area contributed by atoms with Gasteiger partial charge in [0.15, 0.2) is 0 Å². The average Bonchev–Trinajstić information content (AvgIpc) is 2.72. The van der Waals surface area contributed by atoms with Crippen LogP contribution in [0.3, 0.4) is 0 Å². The Bertz CT molecular complexity index is 870. The third-order valence-electron chi connectivity index (χ3n) is 6.60. The third-order valence-corrected chi connectivity index (χ3v) is 6.92. The first-order valence-electron chi connectivity index (χ1n) is 10.1. The van der Waals surface area contributed by atoms with Gasteiger partial charge in [-0.25, -0.2) is 0 Å². The molecule has 5 heteroatoms. The van der Waals surface area contributed by atoms with Crippen LogP contribution in [0.5, 0.6) is 11.5 Å². The Kier molecular flexibility index (Phi) is 5.44. The van der Waals surface area contributed by atoms with Crippen molar-refractivity contribution < 1.29 is 9.84 Å². The highest BCUT2D eigenvalue weighted by Crippen LogP contribution is 2.40. The lowest BCUT2D eigenvalue weighted by atomic mass is 9.86. The van der Waals surface area contributed by atoms with E-state index in [4.69, 9.17) is 16.3 Å². The monoisotopic (exact) mass is 400 g/mol. The van der Waals surface area contributed by atoms with Gasteiger partial charge in [0.25, 0.3) is 0 Å². The van der Waals surface area contributed by atoms with E-state index < -0.39 is 0 Å². The molecule has 2 aliphatic heterocycles. The van der Waals surface area contributed by atoms with Gasteiger partial charge in [-0.3, -0.25) is 4.90 Å². The fourth-order valence-electron chi connectivity index (χ4n) is 4.85. The van der Waals surface area contributed by atoms with Gasteiger partial charge in [0.1, 0.15) is 11.5 Å². The number of piperidine rings is 1. The Morgan fingerprint density at radius 1 is 1.07 bits per heavy atom. The first-order chi connectivity index (χ1) is 13.5. The lowest BCUT2D eigenvalue weighted by Crippen LogP contribution is -2.56. The molecule has 0 spiro atoms. The van der Waals surface area contributed by atoms with Gasteiger partial charge in [0.05, 0.1) is 12.1 Å². The van der Waals surface area contributed by atoms with Gasteiger partial charge >= 0.3 is 0 Å². The zero-order valence-corrected chi connectivity index (χ0v) is 17.7. The van der Waals surface area contributed by atoms with Crippen LogP contribution in [0.25, 0.3) is 0 Å². The van der Waals surface area contributed by atoms with E-state index in [1.165, 1.54) is 36.1 Å². The molecular weight excluding hydrogens is 372 g/mol. The molecule has 2 heterocycles. The molecule has 150 valence electrons. The van der Waals surface area contributed by atoms with Crippen molar-refractivity contribution in [3.8, 4) is 11.5 Å². The summed E-state index contributed by atoms with van der Waals surface area (Å²) in [6.07, 6.45) is 3.66. The van der Waals surface area contributed by atoms with Crippen LogP contribution < -0.4 is 9.64 Å². The molecule has 4 rings (SSSR count). The minimum atomic E-state index is 0.398. The van der Waals surface area contributed by atoms with E-state index >= 15 is 0 Å². The van der Waals surface area contributed by atoms with Crippen LogP contribution in [-0.2, 0) is 0 Å². The fraction of sp³-hybridized carbons (Fsp3) is 0.478. The zero-order chi connectivity index (χ0) is 19.8. The van der Waals surface area contributed by atoms with E-state index in [1.807, 2.05) is 25.1 Å². The fourth-order valence-corrected chi connectivity index (χ4v) is 5.05. The zero-order valence-electron chi connectivity index (χ0n) is 16.9. The number of phenols is 1. The Labute approximate surface area is 172 Å². The van der Waals surface area contributed by atoms with Gasteiger partial charge in [0.2, 0.25) is 0 Å². The van der Waals surface area contributed by atoms with Crippen molar-refractivity contribution in [2.24, 2.45) is 0 Å². The van der Waals surface area contributed by atoms with Crippen LogP contribution >= 0.6 is 11.6 Å². The molecule has 0 radical (unpaired) electrons. The van der Waals surface area contributed by atoms with Crippen LogP contribution in [0.4, 0.5) is 5.69 Å². The maximum absolute atomic E-state index is 10.0. The van der Waals surface area contributed by atoms with Gasteiger partial charge < -0.3 is 14.7 Å². The van der Waals surface area contributed by atoms with Crippen molar-refractivity contribution >= 4 is 17.3 Å². The van der Waals surface area contributed by atoms with Crippen LogP contribution in [-0.4, -0.2) is 42.8 Å². The standard InChI is InChI=1S/C23H29ClN2O2/c1-15-16(2)22(27)10-8-19(15)21-6-4-5-18-14-25(11-12-26(18)21)17-7-9-20(24)23(13-17)28-3/h7-10,13,18,21,27H,4-6,11-12,14H2,1-3H3. The van der Waals surface area contributed by atoms with E-state index in [1.54, 1.807) is 7.11 Å². The number of anilines is 1. The Morgan fingerprint density at radius 2 is 1.89 bits per heavy atom. The summed E-state index contributed by atoms with van der Waals surface area (Å²) >= 11 is 6.20. The summed E-state index contributed by atoms with van der Waals surface area (Å²) in [5.74, 6) is 1.13. The second kappa shape index (κ2) is 7.84. The van der Waals surface area contributed by atoms with E-state index in [0.717, 1.165) is 30.9 Å². The molecule has 28 heavy (non-hydrogen) atoms. The van der Waals surface area contributed by atoms with Gasteiger partial charge in [-0.05, 0) is 68.0 Å². The Hall–Kier alpha value is -1.91. The van der Waals surface area contributed by atoms with Crippen molar-refractivity contribution in [1.82, 2.24) is 4.90 Å². The molecular formula is C23H29ClN2O2. The molecule has 0 bridgehead atoms. The number of piperazine rings is 1.